The van der Waals surface area contributed by atoms with E-state index in [1.165, 1.54) is 11.8 Å². The summed E-state index contributed by atoms with van der Waals surface area (Å²) in [6.45, 7) is 0. The molecule has 0 bridgehead atoms. The van der Waals surface area contributed by atoms with Gasteiger partial charge in [0, 0.05) is 24.3 Å². The van der Waals surface area contributed by atoms with Crippen LogP contribution in [-0.2, 0) is 28.8 Å². The van der Waals surface area contributed by atoms with Gasteiger partial charge in [0.25, 0.3) is 11.6 Å². The molecule has 0 aromatic heterocycles. The van der Waals surface area contributed by atoms with Gasteiger partial charge in [-0.2, -0.15) is 11.8 Å². The van der Waals surface area contributed by atoms with Gasteiger partial charge < -0.3 is 0 Å². The van der Waals surface area contributed by atoms with Crippen LogP contribution in [0.5, 0.6) is 0 Å². The Labute approximate surface area is 111 Å². The molecule has 1 fully saturated rings. The fourth-order valence-corrected chi connectivity index (χ4v) is 2.00. The van der Waals surface area contributed by atoms with Crippen LogP contribution in [0.25, 0.3) is 0 Å². The topological polar surface area (TPSA) is 126 Å². The molecule has 1 aliphatic rings. The number of hydrazine groups is 1. The highest BCUT2D eigenvalue weighted by molar-refractivity contribution is 7.99. The molecule has 2 N–H and O–H groups in total. The van der Waals surface area contributed by atoms with Crippen LogP contribution in [0.4, 0.5) is 0 Å². The Morgan fingerprint density at radius 2 is 1.05 bits per heavy atom. The van der Waals surface area contributed by atoms with Crippen LogP contribution >= 0.6 is 11.8 Å². The van der Waals surface area contributed by atoms with Crippen LogP contribution < -0.4 is 10.9 Å². The normalized spacial score (nSPS) is 20.0. The SMILES string of the molecule is O=C1CCSCCC(=O)C(=O)C(=O)NNC(=O)C1=O. The molecule has 0 saturated carbocycles. The summed E-state index contributed by atoms with van der Waals surface area (Å²) in [7, 11) is 0. The van der Waals surface area contributed by atoms with Gasteiger partial charge in [0.1, 0.15) is 0 Å². The van der Waals surface area contributed by atoms with Crippen molar-refractivity contribution in [2.75, 3.05) is 11.5 Å². The Balaban J connectivity index is 2.78. The maximum absolute atomic E-state index is 11.3. The smallest absolute Gasteiger partial charge is 0.290 e. The van der Waals surface area contributed by atoms with Crippen LogP contribution in [-0.4, -0.2) is 46.5 Å². The molecule has 1 aliphatic heterocycles. The zero-order valence-electron chi connectivity index (χ0n) is 9.69. The first kappa shape index (κ1) is 15.0. The first-order chi connectivity index (χ1) is 8.93. The number of thioether (sulfide) groups is 1. The molecule has 1 saturated heterocycles. The third-order valence-corrected chi connectivity index (χ3v) is 3.14. The highest BCUT2D eigenvalue weighted by Crippen LogP contribution is 2.06. The van der Waals surface area contributed by atoms with Crippen molar-refractivity contribution < 1.29 is 28.8 Å². The minimum absolute atomic E-state index is 0.146. The zero-order valence-corrected chi connectivity index (χ0v) is 10.5. The van der Waals surface area contributed by atoms with Crippen molar-refractivity contribution in [3.05, 3.63) is 0 Å². The number of carbonyl (C=O) groups is 6. The van der Waals surface area contributed by atoms with Gasteiger partial charge in [-0.1, -0.05) is 0 Å². The third kappa shape index (κ3) is 4.28. The molecule has 0 unspecified atom stereocenters. The van der Waals surface area contributed by atoms with E-state index in [0.717, 1.165) is 0 Å². The number of hydrogen-bond acceptors (Lipinski definition) is 7. The number of Topliss-reactive ketones (excluding diaryl/α,β-unsaturated/α-hetero) is 4. The van der Waals surface area contributed by atoms with E-state index in [-0.39, 0.29) is 24.3 Å². The van der Waals surface area contributed by atoms with Crippen LogP contribution in [0, 0.1) is 0 Å². The number of amides is 2. The quantitative estimate of drug-likeness (QED) is 0.490. The summed E-state index contributed by atoms with van der Waals surface area (Å²) >= 11 is 1.18. The van der Waals surface area contributed by atoms with E-state index in [1.54, 1.807) is 10.9 Å². The van der Waals surface area contributed by atoms with Gasteiger partial charge in [-0.3, -0.25) is 39.6 Å². The second kappa shape index (κ2) is 6.78. The molecule has 0 aliphatic carbocycles. The average molecular weight is 286 g/mol. The summed E-state index contributed by atoms with van der Waals surface area (Å²) in [4.78, 5) is 67.3. The molecule has 1 rings (SSSR count). The first-order valence-corrected chi connectivity index (χ1v) is 6.41. The van der Waals surface area contributed by atoms with E-state index in [2.05, 4.69) is 0 Å². The molecule has 0 atom stereocenters. The number of hydrogen-bond donors (Lipinski definition) is 2. The van der Waals surface area contributed by atoms with Crippen LogP contribution in [0.2, 0.25) is 0 Å². The maximum atomic E-state index is 11.3. The fourth-order valence-electron chi connectivity index (χ4n) is 1.14. The molecule has 9 heteroatoms. The predicted molar refractivity (Wildman–Crippen MR) is 62.9 cm³/mol. The van der Waals surface area contributed by atoms with Gasteiger partial charge in [0.05, 0.1) is 0 Å². The second-order valence-electron chi connectivity index (χ2n) is 3.53. The standard InChI is InChI=1S/C10H10N2O6S/c13-5-1-3-19-4-2-6(14)8(16)10(18)12-11-9(17)7(5)15/h1-4H2,(H,11,17)(H,12,18). The fraction of sp³-hybridized carbons (Fsp3) is 0.400. The van der Waals surface area contributed by atoms with Crippen molar-refractivity contribution in [1.82, 2.24) is 10.9 Å². The second-order valence-corrected chi connectivity index (χ2v) is 4.75. The van der Waals surface area contributed by atoms with Crippen molar-refractivity contribution in [2.45, 2.75) is 12.8 Å². The average Bonchev–Trinajstić information content (AvgIpc) is 2.41. The largest absolute Gasteiger partial charge is 0.313 e. The number of carbonyl (C=O) groups excluding carboxylic acids is 6. The highest BCUT2D eigenvalue weighted by atomic mass is 32.2. The molecule has 0 aromatic carbocycles. The summed E-state index contributed by atoms with van der Waals surface area (Å²) < 4.78 is 0. The lowest BCUT2D eigenvalue weighted by Crippen LogP contribution is -2.50. The molecule has 2 amide bonds. The van der Waals surface area contributed by atoms with Crippen LogP contribution in [0.1, 0.15) is 12.8 Å². The summed E-state index contributed by atoms with van der Waals surface area (Å²) in [5.74, 6) is -6.59. The van der Waals surface area contributed by atoms with E-state index in [9.17, 15) is 28.8 Å². The molecule has 8 nitrogen and oxygen atoms in total. The summed E-state index contributed by atoms with van der Waals surface area (Å²) in [6.07, 6.45) is -0.292. The Morgan fingerprint density at radius 3 is 1.42 bits per heavy atom. The molecule has 102 valence electrons. The number of rotatable bonds is 0. The predicted octanol–water partition coefficient (Wildman–Crippen LogP) is -2.06. The van der Waals surface area contributed by atoms with Gasteiger partial charge in [-0.05, 0) is 0 Å². The number of nitrogens with one attached hydrogen (secondary N) is 2. The summed E-state index contributed by atoms with van der Waals surface area (Å²) in [6, 6.07) is 0. The van der Waals surface area contributed by atoms with Gasteiger partial charge in [0.2, 0.25) is 11.6 Å². The van der Waals surface area contributed by atoms with Crippen molar-refractivity contribution in [2.24, 2.45) is 0 Å². The highest BCUT2D eigenvalue weighted by Gasteiger charge is 2.26. The number of ketones is 4. The van der Waals surface area contributed by atoms with Crippen molar-refractivity contribution in [3.8, 4) is 0 Å². The zero-order chi connectivity index (χ0) is 14.4. The molecule has 0 aromatic rings. The maximum Gasteiger partial charge on any atom is 0.313 e. The van der Waals surface area contributed by atoms with Crippen LogP contribution in [0.15, 0.2) is 0 Å². The molecule has 0 radical (unpaired) electrons. The Hall–Kier alpha value is -2.03. The van der Waals surface area contributed by atoms with Crippen LogP contribution in [0.3, 0.4) is 0 Å². The van der Waals surface area contributed by atoms with Crippen molar-refractivity contribution >= 4 is 46.7 Å². The molecule has 0 spiro atoms. The minimum atomic E-state index is -1.34. The lowest BCUT2D eigenvalue weighted by Gasteiger charge is -2.04. The Morgan fingerprint density at radius 1 is 0.684 bits per heavy atom. The van der Waals surface area contributed by atoms with Crippen molar-refractivity contribution in [3.63, 3.8) is 0 Å². The molecule has 1 heterocycles. The minimum Gasteiger partial charge on any atom is -0.290 e. The summed E-state index contributed by atoms with van der Waals surface area (Å²) in [5, 5.41) is 0. The van der Waals surface area contributed by atoms with E-state index >= 15 is 0 Å². The van der Waals surface area contributed by atoms with E-state index < -0.39 is 34.9 Å². The molecule has 19 heavy (non-hydrogen) atoms. The van der Waals surface area contributed by atoms with E-state index in [4.69, 9.17) is 0 Å². The third-order valence-electron chi connectivity index (χ3n) is 2.16. The van der Waals surface area contributed by atoms with Gasteiger partial charge in [-0.15, -0.1) is 0 Å². The van der Waals surface area contributed by atoms with Crippen molar-refractivity contribution in [1.29, 1.82) is 0 Å². The lowest BCUT2D eigenvalue weighted by molar-refractivity contribution is -0.148. The Bertz CT molecular complexity index is 431. The lowest BCUT2D eigenvalue weighted by atomic mass is 10.2. The monoisotopic (exact) mass is 286 g/mol. The molecular formula is C10H10N2O6S. The van der Waals surface area contributed by atoms with Gasteiger partial charge in [0.15, 0.2) is 0 Å². The molecular weight excluding hydrogens is 276 g/mol. The van der Waals surface area contributed by atoms with E-state index in [1.807, 2.05) is 0 Å². The van der Waals surface area contributed by atoms with Gasteiger partial charge >= 0.3 is 11.8 Å². The summed E-state index contributed by atoms with van der Waals surface area (Å²) in [5.41, 5.74) is 3.23. The van der Waals surface area contributed by atoms with E-state index in [0.29, 0.717) is 0 Å². The Kier molecular flexibility index (Phi) is 5.37. The first-order valence-electron chi connectivity index (χ1n) is 5.26. The van der Waals surface area contributed by atoms with Gasteiger partial charge in [-0.25, -0.2) is 0 Å².